The average Bonchev–Trinajstić information content (AvgIpc) is 2.63. The third-order valence-electron chi connectivity index (χ3n) is 3.95. The number of hydrogen-bond donors (Lipinski definition) is 2. The molecule has 0 fully saturated rings. The van der Waals surface area contributed by atoms with Crippen molar-refractivity contribution in [3.05, 3.63) is 70.8 Å². The minimum Gasteiger partial charge on any atom is -0.367 e. The van der Waals surface area contributed by atoms with Crippen LogP contribution in [0.2, 0.25) is 0 Å². The first kappa shape index (κ1) is 24.2. The number of aliphatic imine (C=N–C) groups is 1. The molecule has 0 atom stereocenters. The zero-order chi connectivity index (χ0) is 19.7. The normalized spacial score (nSPS) is 11.7. The zero-order valence-corrected chi connectivity index (χ0v) is 18.2. The number of aryl methyl sites for hydroxylation is 1. The Hall–Kier alpha value is -1.81. The first-order valence-corrected chi connectivity index (χ1v) is 8.59. The van der Waals surface area contributed by atoms with E-state index in [9.17, 15) is 13.2 Å². The summed E-state index contributed by atoms with van der Waals surface area (Å²) in [7, 11) is 1.70. The average molecular weight is 507 g/mol. The van der Waals surface area contributed by atoms with Gasteiger partial charge < -0.3 is 15.4 Å². The second kappa shape index (κ2) is 11.9. The summed E-state index contributed by atoms with van der Waals surface area (Å²) in [4.78, 5) is 4.20. The van der Waals surface area contributed by atoms with Gasteiger partial charge in [-0.05, 0) is 29.2 Å². The molecule has 0 aliphatic carbocycles. The van der Waals surface area contributed by atoms with Crippen LogP contribution < -0.4 is 10.6 Å². The smallest absolute Gasteiger partial charge is 0.367 e. The molecule has 2 aromatic rings. The minimum atomic E-state index is -4.30. The molecule has 0 saturated heterocycles. The number of benzene rings is 2. The van der Waals surface area contributed by atoms with Gasteiger partial charge in [0.1, 0.15) is 6.61 Å². The highest BCUT2D eigenvalue weighted by Gasteiger charge is 2.27. The fourth-order valence-corrected chi connectivity index (χ4v) is 2.43. The van der Waals surface area contributed by atoms with Gasteiger partial charge >= 0.3 is 6.18 Å². The van der Waals surface area contributed by atoms with Crippen LogP contribution in [0.3, 0.4) is 0 Å². The van der Waals surface area contributed by atoms with Crippen molar-refractivity contribution in [1.29, 1.82) is 0 Å². The maximum Gasteiger partial charge on any atom is 0.411 e. The van der Waals surface area contributed by atoms with Crippen LogP contribution in [-0.4, -0.2) is 25.8 Å². The first-order valence-electron chi connectivity index (χ1n) is 8.59. The van der Waals surface area contributed by atoms with Gasteiger partial charge in [0.15, 0.2) is 5.96 Å². The number of nitrogens with one attached hydrogen (secondary N) is 2. The van der Waals surface area contributed by atoms with E-state index >= 15 is 0 Å². The Morgan fingerprint density at radius 3 is 2.18 bits per heavy atom. The Morgan fingerprint density at radius 2 is 1.57 bits per heavy atom. The minimum absolute atomic E-state index is 0. The monoisotopic (exact) mass is 507 g/mol. The van der Waals surface area contributed by atoms with Crippen LogP contribution in [0.15, 0.2) is 53.5 Å². The molecule has 2 N–H and O–H groups in total. The molecule has 0 heterocycles. The van der Waals surface area contributed by atoms with Crippen molar-refractivity contribution in [2.45, 2.75) is 32.8 Å². The van der Waals surface area contributed by atoms with Crippen molar-refractivity contribution in [2.75, 3.05) is 13.7 Å². The van der Waals surface area contributed by atoms with E-state index in [4.69, 9.17) is 0 Å². The van der Waals surface area contributed by atoms with Crippen LogP contribution >= 0.6 is 24.0 Å². The molecule has 2 aromatic carbocycles. The summed E-state index contributed by atoms with van der Waals surface area (Å²) in [6, 6.07) is 15.4. The van der Waals surface area contributed by atoms with E-state index in [0.29, 0.717) is 24.6 Å². The van der Waals surface area contributed by atoms with Crippen LogP contribution in [0, 0.1) is 6.92 Å². The Balaban J connectivity index is 0.00000392. The van der Waals surface area contributed by atoms with Crippen molar-refractivity contribution in [3.8, 4) is 0 Å². The molecule has 0 unspecified atom stereocenters. The van der Waals surface area contributed by atoms with E-state index in [1.165, 1.54) is 11.1 Å². The van der Waals surface area contributed by atoms with E-state index in [1.54, 1.807) is 19.2 Å². The zero-order valence-electron chi connectivity index (χ0n) is 15.8. The predicted molar refractivity (Wildman–Crippen MR) is 116 cm³/mol. The number of alkyl halides is 3. The molecule has 0 aliphatic heterocycles. The lowest BCUT2D eigenvalue weighted by molar-refractivity contribution is -0.176. The molecule has 0 saturated carbocycles. The highest BCUT2D eigenvalue weighted by Crippen LogP contribution is 2.15. The first-order chi connectivity index (χ1) is 12.9. The molecule has 28 heavy (non-hydrogen) atoms. The lowest BCUT2D eigenvalue weighted by atomic mass is 10.1. The summed E-state index contributed by atoms with van der Waals surface area (Å²) in [5, 5.41) is 6.48. The summed E-state index contributed by atoms with van der Waals surface area (Å²) in [6.45, 7) is 1.98. The van der Waals surface area contributed by atoms with Crippen molar-refractivity contribution >= 4 is 29.9 Å². The molecule has 4 nitrogen and oxygen atoms in total. The van der Waals surface area contributed by atoms with Crippen LogP contribution in [0.25, 0.3) is 0 Å². The maximum atomic E-state index is 12.1. The van der Waals surface area contributed by atoms with Crippen molar-refractivity contribution in [3.63, 3.8) is 0 Å². The van der Waals surface area contributed by atoms with Crippen molar-refractivity contribution in [1.82, 2.24) is 10.6 Å². The molecule has 0 amide bonds. The van der Waals surface area contributed by atoms with Gasteiger partial charge in [-0.1, -0.05) is 48.5 Å². The molecular formula is C20H25F3IN3O. The fourth-order valence-electron chi connectivity index (χ4n) is 2.43. The lowest BCUT2D eigenvalue weighted by Gasteiger charge is -2.13. The summed E-state index contributed by atoms with van der Waals surface area (Å²) < 4.78 is 40.9. The number of hydrogen-bond acceptors (Lipinski definition) is 2. The van der Waals surface area contributed by atoms with Gasteiger partial charge in [-0.2, -0.15) is 13.2 Å². The Labute approximate surface area is 180 Å². The van der Waals surface area contributed by atoms with Gasteiger partial charge in [0.2, 0.25) is 0 Å². The van der Waals surface area contributed by atoms with Crippen molar-refractivity contribution in [2.24, 2.45) is 4.99 Å². The van der Waals surface area contributed by atoms with Gasteiger partial charge in [0.05, 0.1) is 6.61 Å². The van der Waals surface area contributed by atoms with Gasteiger partial charge in [0.25, 0.3) is 0 Å². The summed E-state index contributed by atoms with van der Waals surface area (Å²) in [5.74, 6) is 0.677. The van der Waals surface area contributed by atoms with Gasteiger partial charge in [0, 0.05) is 20.1 Å². The van der Waals surface area contributed by atoms with Crippen molar-refractivity contribution < 1.29 is 17.9 Å². The standard InChI is InChI=1S/C20H24F3N3O.HI/c1-15-5-3-4-6-18(15)12-26-19(24-2)25-11-16-7-9-17(10-8-16)13-27-14-20(21,22)23;/h3-10H,11-14H2,1-2H3,(H2,24,25,26);1H. The van der Waals surface area contributed by atoms with Crippen LogP contribution in [0.4, 0.5) is 13.2 Å². The SMILES string of the molecule is CN=C(NCc1ccc(COCC(F)(F)F)cc1)NCc1ccccc1C.I. The number of nitrogens with zero attached hydrogens (tertiary/aromatic N) is 1. The van der Waals surface area contributed by atoms with Gasteiger partial charge in [-0.15, -0.1) is 24.0 Å². The molecular weight excluding hydrogens is 482 g/mol. The lowest BCUT2D eigenvalue weighted by Crippen LogP contribution is -2.36. The van der Waals surface area contributed by atoms with E-state index in [2.05, 4.69) is 39.4 Å². The molecule has 8 heteroatoms. The third kappa shape index (κ3) is 8.92. The number of ether oxygens (including phenoxy) is 1. The van der Waals surface area contributed by atoms with Crippen LogP contribution in [-0.2, 0) is 24.4 Å². The molecule has 154 valence electrons. The third-order valence-corrected chi connectivity index (χ3v) is 3.95. The van der Waals surface area contributed by atoms with E-state index in [1.807, 2.05) is 24.3 Å². The van der Waals surface area contributed by atoms with Crippen LogP contribution in [0.1, 0.15) is 22.3 Å². The second-order valence-corrected chi connectivity index (χ2v) is 6.13. The molecule has 0 spiro atoms. The van der Waals surface area contributed by atoms with Crippen LogP contribution in [0.5, 0.6) is 0 Å². The highest BCUT2D eigenvalue weighted by atomic mass is 127. The van der Waals surface area contributed by atoms with Gasteiger partial charge in [-0.25, -0.2) is 0 Å². The fraction of sp³-hybridized carbons (Fsp3) is 0.350. The topological polar surface area (TPSA) is 45.7 Å². The largest absolute Gasteiger partial charge is 0.411 e. The Morgan fingerprint density at radius 1 is 0.964 bits per heavy atom. The summed E-state index contributed by atoms with van der Waals surface area (Å²) in [5.41, 5.74) is 4.10. The van der Waals surface area contributed by atoms with E-state index in [0.717, 1.165) is 5.56 Å². The second-order valence-electron chi connectivity index (χ2n) is 6.13. The number of halogens is 4. The summed E-state index contributed by atoms with van der Waals surface area (Å²) >= 11 is 0. The molecule has 0 aromatic heterocycles. The van der Waals surface area contributed by atoms with E-state index in [-0.39, 0.29) is 30.6 Å². The molecule has 0 radical (unpaired) electrons. The highest BCUT2D eigenvalue weighted by molar-refractivity contribution is 14.0. The molecule has 2 rings (SSSR count). The number of guanidine groups is 1. The van der Waals surface area contributed by atoms with Gasteiger partial charge in [-0.3, -0.25) is 4.99 Å². The number of rotatable bonds is 7. The van der Waals surface area contributed by atoms with E-state index < -0.39 is 12.8 Å². The molecule has 0 bridgehead atoms. The predicted octanol–water partition coefficient (Wildman–Crippen LogP) is 4.56. The Bertz CT molecular complexity index is 749. The summed E-state index contributed by atoms with van der Waals surface area (Å²) in [6.07, 6.45) is -4.30. The Kier molecular flexibility index (Phi) is 10.3. The quantitative estimate of drug-likeness (QED) is 0.328. The maximum absolute atomic E-state index is 12.1. The molecule has 0 aliphatic rings.